The number of halogens is 1. The number of amides is 2. The van der Waals surface area contributed by atoms with E-state index in [-0.39, 0.29) is 18.7 Å². The Morgan fingerprint density at radius 2 is 1.75 bits per heavy atom. The predicted octanol–water partition coefficient (Wildman–Crippen LogP) is 4.22. The maximum absolute atomic E-state index is 12.5. The van der Waals surface area contributed by atoms with Gasteiger partial charge < -0.3 is 4.52 Å². The van der Waals surface area contributed by atoms with Crippen LogP contribution in [0, 0.1) is 6.92 Å². The number of nitrogens with zero attached hydrogens (tertiary/aromatic N) is 3. The van der Waals surface area contributed by atoms with Crippen molar-refractivity contribution in [3.63, 3.8) is 0 Å². The molecule has 2 N–H and O–H groups in total. The minimum absolute atomic E-state index is 0.0689. The number of hydrogen-bond acceptors (Lipinski definition) is 7. The Kier molecular flexibility index (Phi) is 6.58. The summed E-state index contributed by atoms with van der Waals surface area (Å²) in [5.41, 5.74) is 7.13. The molecule has 0 fully saturated rings. The lowest BCUT2D eigenvalue weighted by atomic mass is 10.2. The Morgan fingerprint density at radius 3 is 2.50 bits per heavy atom. The number of carbonyl (C=O) groups is 2. The molecule has 8 nitrogen and oxygen atoms in total. The summed E-state index contributed by atoms with van der Waals surface area (Å²) in [6.07, 6.45) is 0.305. The third kappa shape index (κ3) is 5.19. The molecule has 0 saturated heterocycles. The largest absolute Gasteiger partial charge is 0.339 e. The van der Waals surface area contributed by atoms with Crippen molar-refractivity contribution in [2.24, 2.45) is 0 Å². The van der Waals surface area contributed by atoms with Gasteiger partial charge in [0, 0.05) is 29.0 Å². The highest BCUT2D eigenvalue weighted by molar-refractivity contribution is 7.17. The molecule has 4 aromatic rings. The summed E-state index contributed by atoms with van der Waals surface area (Å²) in [5.74, 6) is -0.0594. The van der Waals surface area contributed by atoms with Crippen LogP contribution in [0.15, 0.2) is 59.1 Å². The van der Waals surface area contributed by atoms with Crippen LogP contribution in [0.3, 0.4) is 0 Å². The Bertz CT molecular complexity index is 1240. The number of hydrogen-bond donors (Lipinski definition) is 2. The Balaban J connectivity index is 1.29. The number of nitrogens with one attached hydrogen (secondary N) is 2. The van der Waals surface area contributed by atoms with Gasteiger partial charge in [-0.2, -0.15) is 4.98 Å². The SMILES string of the molecule is Cc1nc(-c2ccccc2)sc1C(=O)NNC(=O)CCc1nc(-c2ccc(Cl)cc2)no1. The van der Waals surface area contributed by atoms with Gasteiger partial charge in [0.2, 0.25) is 17.6 Å². The summed E-state index contributed by atoms with van der Waals surface area (Å²) in [4.78, 5) is 33.8. The van der Waals surface area contributed by atoms with Crippen LogP contribution in [0.25, 0.3) is 22.0 Å². The van der Waals surface area contributed by atoms with Crippen LogP contribution in [0.5, 0.6) is 0 Å². The molecular formula is C22H18ClN5O3S. The number of aryl methyl sites for hydroxylation is 2. The number of aromatic nitrogens is 3. The molecule has 0 radical (unpaired) electrons. The van der Waals surface area contributed by atoms with Crippen LogP contribution < -0.4 is 10.9 Å². The molecule has 0 atom stereocenters. The minimum atomic E-state index is -0.418. The quantitative estimate of drug-likeness (QED) is 0.411. The molecule has 32 heavy (non-hydrogen) atoms. The molecule has 0 aliphatic rings. The fourth-order valence-corrected chi connectivity index (χ4v) is 3.94. The smallest absolute Gasteiger partial charge is 0.281 e. The van der Waals surface area contributed by atoms with E-state index in [1.807, 2.05) is 30.3 Å². The molecule has 0 bridgehead atoms. The van der Waals surface area contributed by atoms with E-state index in [4.69, 9.17) is 16.1 Å². The minimum Gasteiger partial charge on any atom is -0.339 e. The molecular weight excluding hydrogens is 450 g/mol. The molecule has 0 saturated carbocycles. The van der Waals surface area contributed by atoms with E-state index in [1.165, 1.54) is 11.3 Å². The fraction of sp³-hybridized carbons (Fsp3) is 0.136. The van der Waals surface area contributed by atoms with E-state index < -0.39 is 5.91 Å². The van der Waals surface area contributed by atoms with E-state index in [9.17, 15) is 9.59 Å². The zero-order valence-corrected chi connectivity index (χ0v) is 18.5. The fourth-order valence-electron chi connectivity index (χ4n) is 2.85. The van der Waals surface area contributed by atoms with Crippen molar-refractivity contribution < 1.29 is 14.1 Å². The number of hydrazine groups is 1. The Hall–Kier alpha value is -3.56. The zero-order valence-electron chi connectivity index (χ0n) is 17.0. The maximum atomic E-state index is 12.5. The van der Waals surface area contributed by atoms with Crippen LogP contribution in [-0.2, 0) is 11.2 Å². The zero-order chi connectivity index (χ0) is 22.5. The van der Waals surface area contributed by atoms with Crippen molar-refractivity contribution in [2.75, 3.05) is 0 Å². The lowest BCUT2D eigenvalue weighted by molar-refractivity contribution is -0.121. The lowest BCUT2D eigenvalue weighted by Crippen LogP contribution is -2.41. The van der Waals surface area contributed by atoms with Gasteiger partial charge in [-0.25, -0.2) is 4.98 Å². The highest BCUT2D eigenvalue weighted by Gasteiger charge is 2.17. The van der Waals surface area contributed by atoms with Gasteiger partial charge in [0.05, 0.1) is 5.69 Å². The van der Waals surface area contributed by atoms with Gasteiger partial charge in [-0.1, -0.05) is 47.1 Å². The predicted molar refractivity (Wildman–Crippen MR) is 121 cm³/mol. The number of carbonyl (C=O) groups excluding carboxylic acids is 2. The van der Waals surface area contributed by atoms with Crippen molar-refractivity contribution in [3.05, 3.63) is 76.1 Å². The molecule has 2 heterocycles. The van der Waals surface area contributed by atoms with Crippen LogP contribution >= 0.6 is 22.9 Å². The first-order valence-corrected chi connectivity index (χ1v) is 10.9. The second-order valence-electron chi connectivity index (χ2n) is 6.82. The molecule has 162 valence electrons. The molecule has 2 aromatic heterocycles. The normalized spacial score (nSPS) is 10.7. The van der Waals surface area contributed by atoms with Crippen LogP contribution in [0.4, 0.5) is 0 Å². The Labute approximate surface area is 192 Å². The molecule has 0 aliphatic carbocycles. The van der Waals surface area contributed by atoms with E-state index in [0.717, 1.165) is 16.1 Å². The van der Waals surface area contributed by atoms with Gasteiger partial charge in [0.15, 0.2) is 0 Å². The van der Waals surface area contributed by atoms with E-state index in [0.29, 0.717) is 27.3 Å². The first-order valence-electron chi connectivity index (χ1n) is 9.70. The summed E-state index contributed by atoms with van der Waals surface area (Å²) in [6.45, 7) is 1.76. The third-order valence-electron chi connectivity index (χ3n) is 4.48. The lowest BCUT2D eigenvalue weighted by Gasteiger charge is -2.05. The van der Waals surface area contributed by atoms with Crippen molar-refractivity contribution in [3.8, 4) is 22.0 Å². The number of rotatable bonds is 6. The molecule has 0 aliphatic heterocycles. The molecule has 4 rings (SSSR count). The summed E-state index contributed by atoms with van der Waals surface area (Å²) >= 11 is 7.14. The van der Waals surface area contributed by atoms with Gasteiger partial charge in [-0.05, 0) is 31.2 Å². The van der Waals surface area contributed by atoms with Gasteiger partial charge in [-0.15, -0.1) is 11.3 Å². The van der Waals surface area contributed by atoms with Crippen molar-refractivity contribution in [1.82, 2.24) is 26.0 Å². The molecule has 10 heteroatoms. The number of benzene rings is 2. The first kappa shape index (κ1) is 21.7. The molecule has 2 aromatic carbocycles. The maximum Gasteiger partial charge on any atom is 0.281 e. The van der Waals surface area contributed by atoms with E-state index in [1.54, 1.807) is 31.2 Å². The summed E-state index contributed by atoms with van der Waals surface area (Å²) < 4.78 is 5.19. The topological polar surface area (TPSA) is 110 Å². The van der Waals surface area contributed by atoms with Crippen LogP contribution in [-0.4, -0.2) is 26.9 Å². The first-order chi connectivity index (χ1) is 15.5. The van der Waals surface area contributed by atoms with E-state index in [2.05, 4.69) is 26.0 Å². The van der Waals surface area contributed by atoms with Crippen LogP contribution in [0.1, 0.15) is 27.7 Å². The third-order valence-corrected chi connectivity index (χ3v) is 5.93. The average Bonchev–Trinajstić information content (AvgIpc) is 3.44. The summed E-state index contributed by atoms with van der Waals surface area (Å²) in [5, 5.41) is 5.26. The second-order valence-corrected chi connectivity index (χ2v) is 8.26. The van der Waals surface area contributed by atoms with Crippen molar-refractivity contribution in [1.29, 1.82) is 0 Å². The molecule has 0 spiro atoms. The summed E-state index contributed by atoms with van der Waals surface area (Å²) in [7, 11) is 0. The standard InChI is InChI=1S/C22H18ClN5O3S/c1-13-19(32-22(24-13)15-5-3-2-4-6-15)21(30)27-26-17(29)11-12-18-25-20(28-31-18)14-7-9-16(23)10-8-14/h2-10H,11-12H2,1H3,(H,26,29)(H,27,30). The second kappa shape index (κ2) is 9.71. The molecule has 0 unspecified atom stereocenters. The Morgan fingerprint density at radius 1 is 1.00 bits per heavy atom. The molecule has 2 amide bonds. The van der Waals surface area contributed by atoms with E-state index >= 15 is 0 Å². The highest BCUT2D eigenvalue weighted by Crippen LogP contribution is 2.27. The monoisotopic (exact) mass is 467 g/mol. The summed E-state index contributed by atoms with van der Waals surface area (Å²) in [6, 6.07) is 16.6. The highest BCUT2D eigenvalue weighted by atomic mass is 35.5. The van der Waals surface area contributed by atoms with Gasteiger partial charge >= 0.3 is 0 Å². The van der Waals surface area contributed by atoms with Crippen LogP contribution in [0.2, 0.25) is 5.02 Å². The van der Waals surface area contributed by atoms with Gasteiger partial charge in [-0.3, -0.25) is 20.4 Å². The van der Waals surface area contributed by atoms with Gasteiger partial charge in [0.1, 0.15) is 9.88 Å². The van der Waals surface area contributed by atoms with Gasteiger partial charge in [0.25, 0.3) is 5.91 Å². The van der Waals surface area contributed by atoms with Crippen molar-refractivity contribution in [2.45, 2.75) is 19.8 Å². The van der Waals surface area contributed by atoms with Crippen molar-refractivity contribution >= 4 is 34.8 Å². The number of thiazole rings is 1. The average molecular weight is 468 g/mol.